The molecule has 0 saturated heterocycles. The van der Waals surface area contributed by atoms with E-state index in [4.69, 9.17) is 0 Å². The lowest BCUT2D eigenvalue weighted by Gasteiger charge is -2.07. The van der Waals surface area contributed by atoms with Crippen LogP contribution in [0.15, 0.2) is 30.5 Å². The first-order valence-corrected chi connectivity index (χ1v) is 7.40. The third kappa shape index (κ3) is 1.90. The van der Waals surface area contributed by atoms with Crippen molar-refractivity contribution in [3.8, 4) is 0 Å². The van der Waals surface area contributed by atoms with Crippen LogP contribution in [0.5, 0.6) is 0 Å². The topological polar surface area (TPSA) is 50.7 Å². The minimum absolute atomic E-state index is 0.0128. The quantitative estimate of drug-likeness (QED) is 0.733. The first-order chi connectivity index (χ1) is 10.2. The minimum atomic E-state index is -0.0128. The van der Waals surface area contributed by atoms with Gasteiger partial charge in [0, 0.05) is 29.8 Å². The molecule has 0 saturated carbocycles. The number of carbonyl (C=O) groups is 1. The third-order valence-electron chi connectivity index (χ3n) is 4.31. The number of imidazole rings is 1. The van der Waals surface area contributed by atoms with Crippen LogP contribution >= 0.6 is 0 Å². The van der Waals surface area contributed by atoms with Crippen LogP contribution in [0.4, 0.5) is 0 Å². The lowest BCUT2D eigenvalue weighted by atomic mass is 10.0. The molecule has 0 fully saturated rings. The molecule has 0 bridgehead atoms. The van der Waals surface area contributed by atoms with E-state index in [0.717, 1.165) is 40.7 Å². The van der Waals surface area contributed by atoms with E-state index in [2.05, 4.69) is 9.97 Å². The molecule has 2 heterocycles. The van der Waals surface area contributed by atoms with Crippen molar-refractivity contribution in [3.05, 3.63) is 53.2 Å². The summed E-state index contributed by atoms with van der Waals surface area (Å²) in [4.78, 5) is 20.5. The molecule has 0 atom stereocenters. The summed E-state index contributed by atoms with van der Waals surface area (Å²) < 4.78 is 1.99. The number of carbonyl (C=O) groups excluding carboxylic acids is 1. The Labute approximate surface area is 122 Å². The Balaban J connectivity index is 1.81. The average molecular weight is 279 g/mol. The zero-order chi connectivity index (χ0) is 14.4. The molecule has 0 amide bonds. The van der Waals surface area contributed by atoms with E-state index >= 15 is 0 Å². The van der Waals surface area contributed by atoms with Gasteiger partial charge in [0.25, 0.3) is 0 Å². The molecule has 3 aromatic rings. The fraction of sp³-hybridized carbons (Fsp3) is 0.294. The lowest BCUT2D eigenvalue weighted by molar-refractivity contribution is 0.103. The van der Waals surface area contributed by atoms with Crippen molar-refractivity contribution in [1.82, 2.24) is 14.5 Å². The summed E-state index contributed by atoms with van der Waals surface area (Å²) in [7, 11) is 1.96. The van der Waals surface area contributed by atoms with Crippen LogP contribution in [0.2, 0.25) is 0 Å². The van der Waals surface area contributed by atoms with Crippen LogP contribution in [0.3, 0.4) is 0 Å². The number of benzene rings is 1. The van der Waals surface area contributed by atoms with Gasteiger partial charge in [-0.15, -0.1) is 0 Å². The molecule has 0 unspecified atom stereocenters. The molecular weight excluding hydrogens is 262 g/mol. The van der Waals surface area contributed by atoms with E-state index < -0.39 is 0 Å². The Bertz CT molecular complexity index is 817. The number of aryl methyl sites for hydroxylation is 3. The van der Waals surface area contributed by atoms with Gasteiger partial charge in [0.2, 0.25) is 5.78 Å². The number of para-hydroxylation sites is 1. The number of fused-ring (bicyclic) bond motifs is 2. The SMILES string of the molecule is Cn1cc(C(=O)c2nc3c([nH]2)CCCC3)c2ccccc21. The largest absolute Gasteiger partial charge is 0.350 e. The first kappa shape index (κ1) is 12.4. The number of rotatable bonds is 2. The average Bonchev–Trinajstić information content (AvgIpc) is 3.09. The molecule has 0 spiro atoms. The van der Waals surface area contributed by atoms with E-state index in [9.17, 15) is 4.79 Å². The Hall–Kier alpha value is -2.36. The van der Waals surface area contributed by atoms with Crippen LogP contribution < -0.4 is 0 Å². The zero-order valence-corrected chi connectivity index (χ0v) is 12.0. The highest BCUT2D eigenvalue weighted by molar-refractivity contribution is 6.14. The van der Waals surface area contributed by atoms with E-state index in [0.29, 0.717) is 5.82 Å². The fourth-order valence-corrected chi connectivity index (χ4v) is 3.21. The summed E-state index contributed by atoms with van der Waals surface area (Å²) in [5.41, 5.74) is 4.01. The molecule has 4 rings (SSSR count). The van der Waals surface area contributed by atoms with Crippen LogP contribution in [0, 0.1) is 0 Å². The summed E-state index contributed by atoms with van der Waals surface area (Å²) in [6, 6.07) is 7.97. The number of aromatic nitrogens is 3. The molecule has 0 radical (unpaired) electrons. The number of ketones is 1. The molecule has 2 aromatic heterocycles. The second kappa shape index (κ2) is 4.58. The number of nitrogens with one attached hydrogen (secondary N) is 1. The maximum Gasteiger partial charge on any atom is 0.230 e. The Morgan fingerprint density at radius 3 is 2.90 bits per heavy atom. The van der Waals surface area contributed by atoms with Crippen LogP contribution in [-0.2, 0) is 19.9 Å². The molecule has 1 aliphatic carbocycles. The molecule has 21 heavy (non-hydrogen) atoms. The van der Waals surface area contributed by atoms with Crippen molar-refractivity contribution >= 4 is 16.7 Å². The van der Waals surface area contributed by atoms with Crippen molar-refractivity contribution in [2.24, 2.45) is 7.05 Å². The second-order valence-corrected chi connectivity index (χ2v) is 5.72. The lowest BCUT2D eigenvalue weighted by Crippen LogP contribution is -2.03. The van der Waals surface area contributed by atoms with Gasteiger partial charge >= 0.3 is 0 Å². The highest BCUT2D eigenvalue weighted by Crippen LogP contribution is 2.24. The Morgan fingerprint density at radius 1 is 1.24 bits per heavy atom. The van der Waals surface area contributed by atoms with Gasteiger partial charge in [-0.25, -0.2) is 4.98 Å². The maximum absolute atomic E-state index is 12.8. The Morgan fingerprint density at radius 2 is 2.05 bits per heavy atom. The Kier molecular flexibility index (Phi) is 2.70. The van der Waals surface area contributed by atoms with Crippen molar-refractivity contribution in [3.63, 3.8) is 0 Å². The van der Waals surface area contributed by atoms with Gasteiger partial charge in [-0.3, -0.25) is 4.79 Å². The van der Waals surface area contributed by atoms with Gasteiger partial charge in [0.05, 0.1) is 11.3 Å². The predicted molar refractivity (Wildman–Crippen MR) is 81.6 cm³/mol. The van der Waals surface area contributed by atoms with Gasteiger partial charge in [-0.2, -0.15) is 0 Å². The van der Waals surface area contributed by atoms with E-state index in [1.807, 2.05) is 42.1 Å². The van der Waals surface area contributed by atoms with Crippen LogP contribution in [-0.4, -0.2) is 20.3 Å². The standard InChI is InChI=1S/C17H17N3O/c1-20-10-12(11-6-2-5-9-15(11)20)16(21)17-18-13-7-3-4-8-14(13)19-17/h2,5-6,9-10H,3-4,7-8H2,1H3,(H,18,19). The number of hydrogen-bond donors (Lipinski definition) is 1. The number of hydrogen-bond acceptors (Lipinski definition) is 2. The highest BCUT2D eigenvalue weighted by Gasteiger charge is 2.21. The number of nitrogens with zero attached hydrogens (tertiary/aromatic N) is 2. The second-order valence-electron chi connectivity index (χ2n) is 5.72. The molecule has 1 aromatic carbocycles. The maximum atomic E-state index is 12.8. The summed E-state index contributed by atoms with van der Waals surface area (Å²) in [5, 5.41) is 0.986. The number of H-pyrrole nitrogens is 1. The highest BCUT2D eigenvalue weighted by atomic mass is 16.1. The monoisotopic (exact) mass is 279 g/mol. The zero-order valence-electron chi connectivity index (χ0n) is 12.0. The predicted octanol–water partition coefficient (Wildman–Crippen LogP) is 3.01. The smallest absolute Gasteiger partial charge is 0.230 e. The molecule has 1 aliphatic rings. The molecule has 4 nitrogen and oxygen atoms in total. The summed E-state index contributed by atoms with van der Waals surface area (Å²) >= 11 is 0. The summed E-state index contributed by atoms with van der Waals surface area (Å²) in [5.74, 6) is 0.472. The molecule has 106 valence electrons. The van der Waals surface area contributed by atoms with E-state index in [1.54, 1.807) is 0 Å². The molecule has 4 heteroatoms. The van der Waals surface area contributed by atoms with Gasteiger partial charge in [0.15, 0.2) is 5.82 Å². The normalized spacial score (nSPS) is 14.3. The summed E-state index contributed by atoms with van der Waals surface area (Å²) in [6.45, 7) is 0. The first-order valence-electron chi connectivity index (χ1n) is 7.40. The van der Waals surface area contributed by atoms with Gasteiger partial charge in [0.1, 0.15) is 0 Å². The van der Waals surface area contributed by atoms with Crippen LogP contribution in [0.25, 0.3) is 10.9 Å². The van der Waals surface area contributed by atoms with Crippen molar-refractivity contribution in [1.29, 1.82) is 0 Å². The van der Waals surface area contributed by atoms with Gasteiger partial charge in [-0.05, 0) is 31.7 Å². The minimum Gasteiger partial charge on any atom is -0.350 e. The molecular formula is C17H17N3O. The fourth-order valence-electron chi connectivity index (χ4n) is 3.21. The van der Waals surface area contributed by atoms with Crippen molar-refractivity contribution < 1.29 is 4.79 Å². The van der Waals surface area contributed by atoms with Crippen molar-refractivity contribution in [2.45, 2.75) is 25.7 Å². The summed E-state index contributed by atoms with van der Waals surface area (Å²) in [6.07, 6.45) is 6.23. The van der Waals surface area contributed by atoms with E-state index in [1.165, 1.54) is 12.8 Å². The van der Waals surface area contributed by atoms with Gasteiger partial charge in [-0.1, -0.05) is 18.2 Å². The van der Waals surface area contributed by atoms with Gasteiger partial charge < -0.3 is 9.55 Å². The van der Waals surface area contributed by atoms with Crippen molar-refractivity contribution in [2.75, 3.05) is 0 Å². The van der Waals surface area contributed by atoms with Crippen LogP contribution in [0.1, 0.15) is 40.4 Å². The van der Waals surface area contributed by atoms with E-state index in [-0.39, 0.29) is 5.78 Å². The molecule has 1 N–H and O–H groups in total. The third-order valence-corrected chi connectivity index (χ3v) is 4.31. The molecule has 0 aliphatic heterocycles. The number of aromatic amines is 1.